The second kappa shape index (κ2) is 4.53. The first-order chi connectivity index (χ1) is 8.06. The van der Waals surface area contributed by atoms with Gasteiger partial charge in [0.15, 0.2) is 11.6 Å². The third-order valence-electron chi connectivity index (χ3n) is 2.46. The highest BCUT2D eigenvalue weighted by Gasteiger charge is 2.10. The molecule has 0 bridgehead atoms. The topological polar surface area (TPSA) is 60.9 Å². The van der Waals surface area contributed by atoms with E-state index >= 15 is 0 Å². The third kappa shape index (κ3) is 2.61. The van der Waals surface area contributed by atoms with Crippen molar-refractivity contribution in [3.63, 3.8) is 0 Å². The molecule has 0 saturated carbocycles. The zero-order chi connectivity index (χ0) is 12.4. The maximum absolute atomic E-state index is 11.1. The Morgan fingerprint density at radius 2 is 2.29 bits per heavy atom. The van der Waals surface area contributed by atoms with Crippen LogP contribution in [0, 0.1) is 0 Å². The summed E-state index contributed by atoms with van der Waals surface area (Å²) >= 11 is 0. The lowest BCUT2D eigenvalue weighted by molar-refractivity contribution is 0.101. The normalized spacial score (nSPS) is 11.1. The molecule has 0 atom stereocenters. The number of Topliss-reactive ketones (excluding diaryl/α,β-unsaturated/α-hetero) is 1. The molecule has 5 nitrogen and oxygen atoms in total. The molecule has 2 heterocycles. The van der Waals surface area contributed by atoms with Crippen LogP contribution in [0.5, 0.6) is 0 Å². The summed E-state index contributed by atoms with van der Waals surface area (Å²) in [6, 6.07) is 1.78. The highest BCUT2D eigenvalue weighted by Crippen LogP contribution is 2.12. The number of carbonyl (C=O) groups is 1. The molecule has 17 heavy (non-hydrogen) atoms. The molecule has 0 aliphatic rings. The first-order valence-corrected chi connectivity index (χ1v) is 5.55. The molecule has 0 unspecified atom stereocenters. The fourth-order valence-corrected chi connectivity index (χ4v) is 1.48. The number of aromatic nitrogens is 3. The van der Waals surface area contributed by atoms with Crippen molar-refractivity contribution < 1.29 is 9.32 Å². The molecule has 2 rings (SSSR count). The smallest absolute Gasteiger partial charge is 0.229 e. The van der Waals surface area contributed by atoms with Gasteiger partial charge in [-0.1, -0.05) is 19.0 Å². The largest absolute Gasteiger partial charge is 0.346 e. The van der Waals surface area contributed by atoms with Crippen LogP contribution in [0.25, 0.3) is 0 Å². The Kier molecular flexibility index (Phi) is 3.08. The van der Waals surface area contributed by atoms with E-state index in [1.54, 1.807) is 19.2 Å². The average molecular weight is 233 g/mol. The van der Waals surface area contributed by atoms with Crippen LogP contribution in [0.4, 0.5) is 0 Å². The molecule has 90 valence electrons. The van der Waals surface area contributed by atoms with Crippen LogP contribution in [0.15, 0.2) is 23.0 Å². The van der Waals surface area contributed by atoms with E-state index in [-0.39, 0.29) is 11.7 Å². The number of hydrogen-bond donors (Lipinski definition) is 0. The van der Waals surface area contributed by atoms with Gasteiger partial charge in [-0.15, -0.1) is 0 Å². The number of ketones is 1. The molecule has 2 aromatic heterocycles. The van der Waals surface area contributed by atoms with Gasteiger partial charge in [-0.2, -0.15) is 4.98 Å². The lowest BCUT2D eigenvalue weighted by Gasteiger charge is -1.96. The van der Waals surface area contributed by atoms with Crippen LogP contribution in [0.3, 0.4) is 0 Å². The van der Waals surface area contributed by atoms with E-state index < -0.39 is 0 Å². The third-order valence-corrected chi connectivity index (χ3v) is 2.46. The molecule has 0 aromatic carbocycles. The SMILES string of the molecule is CC(=O)c1ccn(Cc2noc(C(C)C)n2)c1. The molecule has 0 amide bonds. The van der Waals surface area contributed by atoms with E-state index in [9.17, 15) is 4.79 Å². The zero-order valence-corrected chi connectivity index (χ0v) is 10.2. The number of rotatable bonds is 4. The van der Waals surface area contributed by atoms with Crippen molar-refractivity contribution in [2.24, 2.45) is 0 Å². The van der Waals surface area contributed by atoms with Crippen molar-refractivity contribution in [1.82, 2.24) is 14.7 Å². The van der Waals surface area contributed by atoms with Gasteiger partial charge in [0.05, 0.1) is 6.54 Å². The minimum absolute atomic E-state index is 0.0553. The summed E-state index contributed by atoms with van der Waals surface area (Å²) in [5, 5.41) is 3.89. The van der Waals surface area contributed by atoms with Gasteiger partial charge in [0, 0.05) is 23.9 Å². The summed E-state index contributed by atoms with van der Waals surface area (Å²) < 4.78 is 6.98. The summed E-state index contributed by atoms with van der Waals surface area (Å²) in [5.74, 6) is 1.55. The van der Waals surface area contributed by atoms with Gasteiger partial charge in [-0.25, -0.2) is 0 Å². The minimum Gasteiger partial charge on any atom is -0.346 e. The van der Waals surface area contributed by atoms with Gasteiger partial charge in [0.25, 0.3) is 0 Å². The lowest BCUT2D eigenvalue weighted by atomic mass is 10.2. The molecule has 0 aliphatic heterocycles. The van der Waals surface area contributed by atoms with E-state index in [0.717, 1.165) is 0 Å². The zero-order valence-electron chi connectivity index (χ0n) is 10.2. The molecule has 0 spiro atoms. The quantitative estimate of drug-likeness (QED) is 0.760. The highest BCUT2D eigenvalue weighted by molar-refractivity contribution is 5.93. The Bertz CT molecular complexity index is 525. The number of hydrogen-bond acceptors (Lipinski definition) is 4. The van der Waals surface area contributed by atoms with Gasteiger partial charge >= 0.3 is 0 Å². The summed E-state index contributed by atoms with van der Waals surface area (Å²) in [6.07, 6.45) is 3.62. The second-order valence-electron chi connectivity index (χ2n) is 4.33. The maximum Gasteiger partial charge on any atom is 0.229 e. The summed E-state index contributed by atoms with van der Waals surface area (Å²) in [5.41, 5.74) is 0.692. The lowest BCUT2D eigenvalue weighted by Crippen LogP contribution is -1.99. The molecule has 0 radical (unpaired) electrons. The van der Waals surface area contributed by atoms with Crippen molar-refractivity contribution in [2.75, 3.05) is 0 Å². The summed E-state index contributed by atoms with van der Waals surface area (Å²) in [4.78, 5) is 15.4. The van der Waals surface area contributed by atoms with Gasteiger partial charge < -0.3 is 9.09 Å². The standard InChI is InChI=1S/C12H15N3O2/c1-8(2)12-13-11(14-17-12)7-15-5-4-10(6-15)9(3)16/h4-6,8H,7H2,1-3H3. The predicted molar refractivity (Wildman–Crippen MR) is 61.9 cm³/mol. The molecule has 0 N–H and O–H groups in total. The average Bonchev–Trinajstić information content (AvgIpc) is 2.87. The Labute approximate surface area is 99.4 Å². The van der Waals surface area contributed by atoms with Crippen LogP contribution in [0.2, 0.25) is 0 Å². The van der Waals surface area contributed by atoms with Crippen LogP contribution in [-0.2, 0) is 6.54 Å². The van der Waals surface area contributed by atoms with Crippen molar-refractivity contribution in [2.45, 2.75) is 33.2 Å². The van der Waals surface area contributed by atoms with Crippen molar-refractivity contribution in [3.8, 4) is 0 Å². The number of carbonyl (C=O) groups excluding carboxylic acids is 1. The first kappa shape index (κ1) is 11.6. The molecule has 0 fully saturated rings. The highest BCUT2D eigenvalue weighted by atomic mass is 16.5. The van der Waals surface area contributed by atoms with Gasteiger partial charge in [0.1, 0.15) is 0 Å². The summed E-state index contributed by atoms with van der Waals surface area (Å²) in [6.45, 7) is 6.07. The van der Waals surface area contributed by atoms with E-state index in [1.807, 2.05) is 24.6 Å². The minimum atomic E-state index is 0.0553. The maximum atomic E-state index is 11.1. The van der Waals surface area contributed by atoms with Crippen molar-refractivity contribution in [1.29, 1.82) is 0 Å². The van der Waals surface area contributed by atoms with E-state index in [0.29, 0.717) is 23.8 Å². The van der Waals surface area contributed by atoms with E-state index in [2.05, 4.69) is 10.1 Å². The molecule has 0 aliphatic carbocycles. The monoisotopic (exact) mass is 233 g/mol. The Hall–Kier alpha value is -1.91. The number of nitrogens with zero attached hydrogens (tertiary/aromatic N) is 3. The van der Waals surface area contributed by atoms with Gasteiger partial charge in [-0.3, -0.25) is 4.79 Å². The fourth-order valence-electron chi connectivity index (χ4n) is 1.48. The van der Waals surface area contributed by atoms with Crippen molar-refractivity contribution >= 4 is 5.78 Å². The molecule has 2 aromatic rings. The predicted octanol–water partition coefficient (Wildman–Crippen LogP) is 2.25. The van der Waals surface area contributed by atoms with Crippen LogP contribution >= 0.6 is 0 Å². The Morgan fingerprint density at radius 3 is 2.82 bits per heavy atom. The van der Waals surface area contributed by atoms with Crippen LogP contribution < -0.4 is 0 Å². The first-order valence-electron chi connectivity index (χ1n) is 5.55. The van der Waals surface area contributed by atoms with Crippen LogP contribution in [-0.4, -0.2) is 20.5 Å². The van der Waals surface area contributed by atoms with Crippen molar-refractivity contribution in [3.05, 3.63) is 35.7 Å². The molecule has 0 saturated heterocycles. The Morgan fingerprint density at radius 1 is 1.53 bits per heavy atom. The van der Waals surface area contributed by atoms with Crippen LogP contribution in [0.1, 0.15) is 48.8 Å². The molecular formula is C12H15N3O2. The van der Waals surface area contributed by atoms with Gasteiger partial charge in [0.2, 0.25) is 5.89 Å². The molecular weight excluding hydrogens is 218 g/mol. The van der Waals surface area contributed by atoms with Gasteiger partial charge in [-0.05, 0) is 13.0 Å². The van der Waals surface area contributed by atoms with E-state index in [4.69, 9.17) is 4.52 Å². The second-order valence-corrected chi connectivity index (χ2v) is 4.33. The fraction of sp³-hybridized carbons (Fsp3) is 0.417. The molecule has 5 heteroatoms. The summed E-state index contributed by atoms with van der Waals surface area (Å²) in [7, 11) is 0. The van der Waals surface area contributed by atoms with E-state index in [1.165, 1.54) is 0 Å². The Balaban J connectivity index is 2.11.